The van der Waals surface area contributed by atoms with Crippen LogP contribution in [0.4, 0.5) is 11.5 Å². The molecule has 1 fully saturated rings. The van der Waals surface area contributed by atoms with Crippen LogP contribution in [0.25, 0.3) is 5.65 Å². The standard InChI is InChI=1S/C24H33N7O3S.ClH/c1-6-21(29(4)24(32)18-11-15(2)7-8-19(18)28-35(5,33)34)20-12-22-26-23(16(3)13-31(22)27-20)30-10-9-17(25)14-30;/h7-8,11-13,17,21,28H,6,9-10,14,25H2,1-5H3;1H/t17-,21-;/m0./s1. The molecule has 12 heteroatoms. The van der Waals surface area contributed by atoms with Crippen molar-refractivity contribution in [3.8, 4) is 0 Å². The number of aromatic nitrogens is 3. The van der Waals surface area contributed by atoms with Gasteiger partial charge in [-0.3, -0.25) is 9.52 Å². The molecule has 1 amide bonds. The highest BCUT2D eigenvalue weighted by Gasteiger charge is 2.27. The number of anilines is 2. The highest BCUT2D eigenvalue weighted by molar-refractivity contribution is 7.92. The van der Waals surface area contributed by atoms with E-state index in [1.165, 1.54) is 0 Å². The Balaban J connectivity index is 0.00000361. The quantitative estimate of drug-likeness (QED) is 0.476. The molecule has 36 heavy (non-hydrogen) atoms. The second kappa shape index (κ2) is 10.6. The SMILES string of the molecule is CC[C@@H](c1cc2nc(N3CC[C@H](N)C3)c(C)cn2n1)N(C)C(=O)c1cc(C)ccc1NS(C)(=O)=O.Cl. The molecule has 0 saturated carbocycles. The van der Waals surface area contributed by atoms with E-state index in [0.717, 1.165) is 48.4 Å². The van der Waals surface area contributed by atoms with Crippen molar-refractivity contribution in [3.63, 3.8) is 0 Å². The summed E-state index contributed by atoms with van der Waals surface area (Å²) in [6.45, 7) is 7.51. The maximum absolute atomic E-state index is 13.5. The maximum Gasteiger partial charge on any atom is 0.256 e. The topological polar surface area (TPSA) is 126 Å². The van der Waals surface area contributed by atoms with Crippen molar-refractivity contribution in [2.24, 2.45) is 5.73 Å². The van der Waals surface area contributed by atoms with Crippen LogP contribution in [0.5, 0.6) is 0 Å². The lowest BCUT2D eigenvalue weighted by atomic mass is 10.1. The number of carbonyl (C=O) groups excluding carboxylic acids is 1. The van der Waals surface area contributed by atoms with Gasteiger partial charge in [0.2, 0.25) is 10.0 Å². The van der Waals surface area contributed by atoms with Gasteiger partial charge in [0.1, 0.15) is 5.82 Å². The average molecular weight is 536 g/mol. The van der Waals surface area contributed by atoms with Crippen molar-refractivity contribution in [1.29, 1.82) is 0 Å². The highest BCUT2D eigenvalue weighted by Crippen LogP contribution is 2.29. The summed E-state index contributed by atoms with van der Waals surface area (Å²) < 4.78 is 27.9. The van der Waals surface area contributed by atoms with E-state index < -0.39 is 10.0 Å². The van der Waals surface area contributed by atoms with Crippen LogP contribution in [0, 0.1) is 13.8 Å². The second-order valence-electron chi connectivity index (χ2n) is 9.38. The van der Waals surface area contributed by atoms with E-state index in [1.54, 1.807) is 34.7 Å². The Morgan fingerprint density at radius 2 is 2.03 bits per heavy atom. The molecule has 0 bridgehead atoms. The largest absolute Gasteiger partial charge is 0.355 e. The number of benzene rings is 1. The molecule has 3 N–H and O–H groups in total. The van der Waals surface area contributed by atoms with Crippen LogP contribution in [0.1, 0.15) is 53.0 Å². The minimum absolute atomic E-state index is 0. The molecule has 3 aromatic rings. The molecule has 2 atom stereocenters. The predicted octanol–water partition coefficient (Wildman–Crippen LogP) is 2.90. The first-order chi connectivity index (χ1) is 16.5. The first-order valence-electron chi connectivity index (χ1n) is 11.7. The fourth-order valence-electron chi connectivity index (χ4n) is 4.62. The Bertz CT molecular complexity index is 1380. The number of nitrogens with one attached hydrogen (secondary N) is 1. The van der Waals surface area contributed by atoms with Gasteiger partial charge in [0.25, 0.3) is 5.91 Å². The minimum atomic E-state index is -3.54. The molecule has 0 aliphatic carbocycles. The zero-order chi connectivity index (χ0) is 25.5. The number of hydrogen-bond donors (Lipinski definition) is 2. The number of halogens is 1. The lowest BCUT2D eigenvalue weighted by Gasteiger charge is -2.27. The number of aryl methyl sites for hydroxylation is 2. The van der Waals surface area contributed by atoms with Gasteiger partial charge in [-0.05, 0) is 38.8 Å². The van der Waals surface area contributed by atoms with Gasteiger partial charge in [0.15, 0.2) is 5.65 Å². The van der Waals surface area contributed by atoms with E-state index in [0.29, 0.717) is 17.6 Å². The third kappa shape index (κ3) is 5.74. The first kappa shape index (κ1) is 27.7. The van der Waals surface area contributed by atoms with Crippen LogP contribution in [0.15, 0.2) is 30.5 Å². The average Bonchev–Trinajstić information content (AvgIpc) is 3.39. The van der Waals surface area contributed by atoms with Crippen LogP contribution in [-0.2, 0) is 10.0 Å². The van der Waals surface area contributed by atoms with E-state index in [1.807, 2.05) is 33.0 Å². The number of carbonyl (C=O) groups is 1. The molecule has 4 rings (SSSR count). The van der Waals surface area contributed by atoms with E-state index in [-0.39, 0.29) is 36.1 Å². The summed E-state index contributed by atoms with van der Waals surface area (Å²) in [5.41, 5.74) is 9.92. The van der Waals surface area contributed by atoms with Gasteiger partial charge in [-0.25, -0.2) is 17.9 Å². The molecule has 1 aliphatic heterocycles. The Hall–Kier alpha value is -2.89. The third-order valence-corrected chi connectivity index (χ3v) is 6.96. The maximum atomic E-state index is 13.5. The summed E-state index contributed by atoms with van der Waals surface area (Å²) in [7, 11) is -1.83. The fourth-order valence-corrected chi connectivity index (χ4v) is 5.20. The molecular weight excluding hydrogens is 502 g/mol. The highest BCUT2D eigenvalue weighted by atomic mass is 35.5. The predicted molar refractivity (Wildman–Crippen MR) is 145 cm³/mol. The Morgan fingerprint density at radius 3 is 2.64 bits per heavy atom. The number of fused-ring (bicyclic) bond motifs is 1. The third-order valence-electron chi connectivity index (χ3n) is 6.37. The van der Waals surface area contributed by atoms with E-state index in [2.05, 4.69) is 9.62 Å². The van der Waals surface area contributed by atoms with Gasteiger partial charge in [0.05, 0.1) is 29.2 Å². The summed E-state index contributed by atoms with van der Waals surface area (Å²) in [6.07, 6.45) is 4.58. The van der Waals surface area contributed by atoms with E-state index in [4.69, 9.17) is 15.8 Å². The molecule has 1 aromatic carbocycles. The van der Waals surface area contributed by atoms with E-state index in [9.17, 15) is 13.2 Å². The smallest absolute Gasteiger partial charge is 0.256 e. The van der Waals surface area contributed by atoms with Crippen molar-refractivity contribution in [3.05, 3.63) is 52.8 Å². The molecule has 10 nitrogen and oxygen atoms in total. The molecule has 0 radical (unpaired) electrons. The number of nitrogens with two attached hydrogens (primary N) is 1. The lowest BCUT2D eigenvalue weighted by molar-refractivity contribution is 0.0723. The molecule has 2 aromatic heterocycles. The normalized spacial score (nSPS) is 16.6. The molecule has 196 valence electrons. The zero-order valence-corrected chi connectivity index (χ0v) is 22.9. The van der Waals surface area contributed by atoms with Crippen LogP contribution in [-0.4, -0.2) is 66.3 Å². The lowest BCUT2D eigenvalue weighted by Crippen LogP contribution is -2.32. The number of rotatable bonds is 7. The molecular formula is C24H34ClN7O3S. The van der Waals surface area contributed by atoms with Crippen LogP contribution >= 0.6 is 12.4 Å². The van der Waals surface area contributed by atoms with Gasteiger partial charge >= 0.3 is 0 Å². The number of sulfonamides is 1. The number of hydrogen-bond acceptors (Lipinski definition) is 7. The Kier molecular flexibility index (Phi) is 8.17. The van der Waals surface area contributed by atoms with Crippen molar-refractivity contribution < 1.29 is 13.2 Å². The van der Waals surface area contributed by atoms with Gasteiger partial charge < -0.3 is 15.5 Å². The van der Waals surface area contributed by atoms with Gasteiger partial charge in [-0.1, -0.05) is 18.6 Å². The number of nitrogens with zero attached hydrogens (tertiary/aromatic N) is 5. The first-order valence-corrected chi connectivity index (χ1v) is 13.6. The second-order valence-corrected chi connectivity index (χ2v) is 11.1. The Morgan fingerprint density at radius 1 is 1.31 bits per heavy atom. The summed E-state index contributed by atoms with van der Waals surface area (Å²) >= 11 is 0. The summed E-state index contributed by atoms with van der Waals surface area (Å²) in [5.74, 6) is 0.616. The zero-order valence-electron chi connectivity index (χ0n) is 21.2. The molecule has 1 saturated heterocycles. The van der Waals surface area contributed by atoms with Gasteiger partial charge in [-0.2, -0.15) is 5.10 Å². The minimum Gasteiger partial charge on any atom is -0.355 e. The molecule has 0 spiro atoms. The monoisotopic (exact) mass is 535 g/mol. The van der Waals surface area contributed by atoms with Crippen molar-refractivity contribution in [1.82, 2.24) is 19.5 Å². The van der Waals surface area contributed by atoms with Gasteiger partial charge in [-0.15, -0.1) is 12.4 Å². The van der Waals surface area contributed by atoms with Crippen LogP contribution in [0.2, 0.25) is 0 Å². The van der Waals surface area contributed by atoms with Gasteiger partial charge in [0, 0.05) is 44.0 Å². The Labute approximate surface area is 218 Å². The van der Waals surface area contributed by atoms with E-state index >= 15 is 0 Å². The van der Waals surface area contributed by atoms with Crippen LogP contribution < -0.4 is 15.4 Å². The fraction of sp³-hybridized carbons (Fsp3) is 0.458. The van der Waals surface area contributed by atoms with Crippen molar-refractivity contribution in [2.45, 2.75) is 45.7 Å². The molecule has 3 heterocycles. The summed E-state index contributed by atoms with van der Waals surface area (Å²) in [5, 5.41) is 4.73. The number of amides is 1. The van der Waals surface area contributed by atoms with Crippen LogP contribution in [0.3, 0.4) is 0 Å². The molecule has 0 unspecified atom stereocenters. The van der Waals surface area contributed by atoms with Crippen molar-refractivity contribution in [2.75, 3.05) is 36.0 Å². The van der Waals surface area contributed by atoms with Crippen molar-refractivity contribution >= 4 is 45.5 Å². The summed E-state index contributed by atoms with van der Waals surface area (Å²) in [4.78, 5) is 22.2. The summed E-state index contributed by atoms with van der Waals surface area (Å²) in [6, 6.07) is 6.81. The molecule has 1 aliphatic rings.